The summed E-state index contributed by atoms with van der Waals surface area (Å²) in [5.74, 6) is 1.17. The molecule has 9 rings (SSSR count). The topological polar surface area (TPSA) is 12.7 Å². The number of imidazole rings is 1. The van der Waals surface area contributed by atoms with Crippen molar-refractivity contribution in [2.75, 3.05) is 0 Å². The van der Waals surface area contributed by atoms with Gasteiger partial charge in [0.1, 0.15) is 0 Å². The number of nitrogens with zero attached hydrogens (tertiary/aromatic N) is 3. The maximum atomic E-state index is 2.51. The molecule has 9 aromatic rings. The van der Waals surface area contributed by atoms with E-state index >= 15 is 0 Å². The highest BCUT2D eigenvalue weighted by Gasteiger charge is 2.27. The minimum atomic E-state index is 1.16. The highest BCUT2D eigenvalue weighted by Crippen LogP contribution is 2.38. The SMILES string of the molecule is Cc1ccccc1-c1n2c3ccccc3n3c4ccccc4c4cccc(c5ccccc5c5cccc(c52)[n+]1C)c43. The van der Waals surface area contributed by atoms with E-state index in [1.54, 1.807) is 0 Å². The van der Waals surface area contributed by atoms with Crippen LogP contribution in [-0.4, -0.2) is 8.80 Å². The summed E-state index contributed by atoms with van der Waals surface area (Å²) in [5, 5.41) is 7.49. The zero-order chi connectivity index (χ0) is 27.9. The Hall–Kier alpha value is -5.41. The molecule has 0 unspecified atom stereocenters. The lowest BCUT2D eigenvalue weighted by molar-refractivity contribution is -0.633. The van der Waals surface area contributed by atoms with Gasteiger partial charge in [0.15, 0.2) is 16.6 Å². The predicted octanol–water partition coefficient (Wildman–Crippen LogP) is 9.32. The molecule has 3 heterocycles. The fourth-order valence-electron chi connectivity index (χ4n) is 7.27. The van der Waals surface area contributed by atoms with Crippen LogP contribution in [0.5, 0.6) is 0 Å². The van der Waals surface area contributed by atoms with E-state index in [0.717, 1.165) is 11.0 Å². The minimum absolute atomic E-state index is 1.16. The average molecular weight is 539 g/mol. The smallest absolute Gasteiger partial charge is 0.295 e. The van der Waals surface area contributed by atoms with Crippen LogP contribution in [0.4, 0.5) is 0 Å². The van der Waals surface area contributed by atoms with Crippen molar-refractivity contribution in [2.24, 2.45) is 7.05 Å². The van der Waals surface area contributed by atoms with Gasteiger partial charge < -0.3 is 4.40 Å². The van der Waals surface area contributed by atoms with Crippen LogP contribution in [0.1, 0.15) is 5.56 Å². The van der Waals surface area contributed by atoms with Crippen LogP contribution in [0.3, 0.4) is 0 Å². The first kappa shape index (κ1) is 23.3. The molecule has 6 aromatic carbocycles. The summed E-state index contributed by atoms with van der Waals surface area (Å²) in [7, 11) is 2.20. The third kappa shape index (κ3) is 2.97. The quantitative estimate of drug-likeness (QED) is 0.185. The second kappa shape index (κ2) is 8.55. The van der Waals surface area contributed by atoms with Crippen molar-refractivity contribution in [3.05, 3.63) is 139 Å². The largest absolute Gasteiger partial charge is 0.305 e. The standard InChI is InChI=1S/C39H28N3/c1-25-13-3-4-14-26(25)39-40(2)36-24-12-20-31-28-16-6-5-15-27(28)30-18-11-19-32-29-17-7-8-21-33(29)41(37(30)32)34-22-9-10-23-35(34)42(39)38(31)36/h3-24H,1-2H3/q+1. The third-order valence-corrected chi connectivity index (χ3v) is 9.08. The highest BCUT2D eigenvalue weighted by molar-refractivity contribution is 6.23. The Morgan fingerprint density at radius 2 is 0.929 bits per heavy atom. The number of hydrogen-bond donors (Lipinski definition) is 0. The number of aromatic nitrogens is 3. The molecule has 0 spiro atoms. The van der Waals surface area contributed by atoms with Crippen molar-refractivity contribution in [2.45, 2.75) is 6.92 Å². The number of aryl methyl sites for hydroxylation is 2. The van der Waals surface area contributed by atoms with Crippen molar-refractivity contribution in [3.63, 3.8) is 0 Å². The van der Waals surface area contributed by atoms with Crippen molar-refractivity contribution in [1.82, 2.24) is 8.80 Å². The molecule has 198 valence electrons. The van der Waals surface area contributed by atoms with Crippen LogP contribution in [0, 0.1) is 6.92 Å². The van der Waals surface area contributed by atoms with Crippen molar-refractivity contribution in [3.8, 4) is 11.4 Å². The van der Waals surface area contributed by atoms with E-state index in [1.165, 1.54) is 71.3 Å². The zero-order valence-electron chi connectivity index (χ0n) is 23.5. The third-order valence-electron chi connectivity index (χ3n) is 9.08. The van der Waals surface area contributed by atoms with Crippen LogP contribution < -0.4 is 4.57 Å². The van der Waals surface area contributed by atoms with Crippen molar-refractivity contribution < 1.29 is 4.57 Å². The molecule has 3 aromatic heterocycles. The van der Waals surface area contributed by atoms with Crippen molar-refractivity contribution >= 4 is 65.4 Å². The molecule has 0 atom stereocenters. The van der Waals surface area contributed by atoms with Gasteiger partial charge in [0.05, 0.1) is 29.2 Å². The summed E-state index contributed by atoms with van der Waals surface area (Å²) in [6.07, 6.45) is 0. The number of fused-ring (bicyclic) bond motifs is 9. The molecule has 0 saturated heterocycles. The second-order valence-electron chi connectivity index (χ2n) is 11.3. The molecule has 42 heavy (non-hydrogen) atoms. The normalized spacial score (nSPS) is 12.0. The van der Waals surface area contributed by atoms with Crippen LogP contribution in [0.25, 0.3) is 76.8 Å². The summed E-state index contributed by atoms with van der Waals surface area (Å²) in [6, 6.07) is 48.9. The Labute approximate surface area is 242 Å². The molecule has 3 nitrogen and oxygen atoms in total. The van der Waals surface area contributed by atoms with E-state index in [1.807, 2.05) is 0 Å². The average Bonchev–Trinajstić information content (AvgIpc) is 3.53. The highest BCUT2D eigenvalue weighted by atomic mass is 15.1. The predicted molar refractivity (Wildman–Crippen MR) is 176 cm³/mol. The van der Waals surface area contributed by atoms with E-state index in [2.05, 4.69) is 161 Å². The van der Waals surface area contributed by atoms with Crippen LogP contribution in [0.2, 0.25) is 0 Å². The summed E-state index contributed by atoms with van der Waals surface area (Å²) in [6.45, 7) is 2.21. The van der Waals surface area contributed by atoms with E-state index in [4.69, 9.17) is 0 Å². The van der Waals surface area contributed by atoms with Gasteiger partial charge in [-0.15, -0.1) is 0 Å². The molecule has 0 saturated carbocycles. The Morgan fingerprint density at radius 3 is 1.64 bits per heavy atom. The molecule has 0 N–H and O–H groups in total. The van der Waals surface area contributed by atoms with Gasteiger partial charge in [-0.1, -0.05) is 97.1 Å². The van der Waals surface area contributed by atoms with Gasteiger partial charge in [0.2, 0.25) is 0 Å². The second-order valence-corrected chi connectivity index (χ2v) is 11.3. The lowest BCUT2D eigenvalue weighted by Gasteiger charge is -2.08. The Morgan fingerprint density at radius 1 is 0.429 bits per heavy atom. The summed E-state index contributed by atoms with van der Waals surface area (Å²) < 4.78 is 7.37. The monoisotopic (exact) mass is 538 g/mol. The molecule has 3 heteroatoms. The van der Waals surface area contributed by atoms with Gasteiger partial charge in [-0.05, 0) is 59.7 Å². The molecule has 0 aliphatic rings. The maximum Gasteiger partial charge on any atom is 0.295 e. The lowest BCUT2D eigenvalue weighted by atomic mass is 10.0. The van der Waals surface area contributed by atoms with E-state index < -0.39 is 0 Å². The van der Waals surface area contributed by atoms with Gasteiger partial charge in [0.25, 0.3) is 5.82 Å². The Bertz CT molecular complexity index is 2600. The van der Waals surface area contributed by atoms with Crippen LogP contribution in [0.15, 0.2) is 133 Å². The maximum absolute atomic E-state index is 2.51. The molecule has 0 radical (unpaired) electrons. The molecule has 0 aliphatic carbocycles. The zero-order valence-corrected chi connectivity index (χ0v) is 23.5. The number of benzene rings is 6. The van der Waals surface area contributed by atoms with Gasteiger partial charge in [0, 0.05) is 21.5 Å². The Balaban J connectivity index is 1.76. The summed E-state index contributed by atoms with van der Waals surface area (Å²) >= 11 is 0. The lowest BCUT2D eigenvalue weighted by Crippen LogP contribution is -2.29. The van der Waals surface area contributed by atoms with Crippen molar-refractivity contribution in [1.29, 1.82) is 0 Å². The minimum Gasteiger partial charge on any atom is -0.305 e. The van der Waals surface area contributed by atoms with Crippen LogP contribution >= 0.6 is 0 Å². The first-order valence-electron chi connectivity index (χ1n) is 14.5. The molecular weight excluding hydrogens is 510 g/mol. The fraction of sp³-hybridized carbons (Fsp3) is 0.0513. The fourth-order valence-corrected chi connectivity index (χ4v) is 7.27. The van der Waals surface area contributed by atoms with Gasteiger partial charge >= 0.3 is 0 Å². The van der Waals surface area contributed by atoms with Gasteiger partial charge in [-0.2, -0.15) is 4.40 Å². The molecule has 0 aliphatic heterocycles. The van der Waals surface area contributed by atoms with Gasteiger partial charge in [-0.25, -0.2) is 4.57 Å². The Kier molecular flexibility index (Phi) is 4.74. The molecule has 0 amide bonds. The molecular formula is C39H28N3+. The summed E-state index contributed by atoms with van der Waals surface area (Å²) in [5.41, 5.74) is 9.67. The van der Waals surface area contributed by atoms with E-state index in [9.17, 15) is 0 Å². The van der Waals surface area contributed by atoms with E-state index in [-0.39, 0.29) is 0 Å². The first-order valence-corrected chi connectivity index (χ1v) is 14.5. The molecule has 0 fully saturated rings. The van der Waals surface area contributed by atoms with Crippen LogP contribution in [-0.2, 0) is 7.05 Å². The van der Waals surface area contributed by atoms with Gasteiger partial charge in [-0.3, -0.25) is 0 Å². The number of para-hydroxylation sites is 5. The van der Waals surface area contributed by atoms with E-state index in [0.29, 0.717) is 0 Å². The number of hydrogen-bond acceptors (Lipinski definition) is 0. The number of rotatable bonds is 1. The first-order chi connectivity index (χ1) is 20.7. The summed E-state index contributed by atoms with van der Waals surface area (Å²) in [4.78, 5) is 0. The molecule has 0 bridgehead atoms.